The summed E-state index contributed by atoms with van der Waals surface area (Å²) in [6, 6.07) is 0. The molecule has 1 aromatic rings. The van der Waals surface area contributed by atoms with Crippen LogP contribution in [0.2, 0.25) is 0 Å². The van der Waals surface area contributed by atoms with E-state index in [1.54, 1.807) is 18.4 Å². The molecule has 102 valence electrons. The van der Waals surface area contributed by atoms with Gasteiger partial charge in [0, 0.05) is 5.69 Å². The van der Waals surface area contributed by atoms with Crippen LogP contribution >= 0.6 is 0 Å². The maximum atomic E-state index is 9.89. The minimum absolute atomic E-state index is 0.369. The molecule has 1 aromatic heterocycles. The van der Waals surface area contributed by atoms with E-state index >= 15 is 0 Å². The molecule has 0 amide bonds. The molecule has 2 rings (SSSR count). The van der Waals surface area contributed by atoms with E-state index in [1.807, 2.05) is 0 Å². The molecule has 0 bridgehead atoms. The molecule has 1 aliphatic heterocycles. The summed E-state index contributed by atoms with van der Waals surface area (Å²) in [5, 5.41) is 38.1. The Balaban J connectivity index is 2.27. The zero-order valence-corrected chi connectivity index (χ0v) is 10.3. The third-order valence-corrected chi connectivity index (χ3v) is 3.27. The molecule has 0 spiro atoms. The number of aromatic nitrogens is 2. The molecule has 0 saturated carbocycles. The number of aliphatic hydroxyl groups excluding tert-OH is 4. The Bertz CT molecular complexity index is 420. The van der Waals surface area contributed by atoms with Gasteiger partial charge in [-0.05, 0) is 13.8 Å². The van der Waals surface area contributed by atoms with E-state index in [9.17, 15) is 15.3 Å². The number of aliphatic hydroxyl groups is 4. The van der Waals surface area contributed by atoms with E-state index in [1.165, 1.54) is 6.33 Å². The highest BCUT2D eigenvalue weighted by atomic mass is 16.6. The van der Waals surface area contributed by atoms with Crippen molar-refractivity contribution in [1.82, 2.24) is 9.55 Å². The van der Waals surface area contributed by atoms with Crippen molar-refractivity contribution in [3.8, 4) is 0 Å². The van der Waals surface area contributed by atoms with Gasteiger partial charge in [0.15, 0.2) is 6.23 Å². The maximum absolute atomic E-state index is 9.89. The van der Waals surface area contributed by atoms with Crippen LogP contribution in [0.5, 0.6) is 0 Å². The van der Waals surface area contributed by atoms with Crippen LogP contribution in [-0.2, 0) is 4.74 Å². The van der Waals surface area contributed by atoms with Gasteiger partial charge in [-0.2, -0.15) is 0 Å². The molecule has 0 unspecified atom stereocenters. The first kappa shape index (κ1) is 13.4. The zero-order chi connectivity index (χ0) is 13.4. The quantitative estimate of drug-likeness (QED) is 0.545. The molecule has 1 aliphatic rings. The molecule has 0 radical (unpaired) electrons. The van der Waals surface area contributed by atoms with Crippen molar-refractivity contribution < 1.29 is 25.2 Å². The van der Waals surface area contributed by atoms with Crippen molar-refractivity contribution in [2.24, 2.45) is 0 Å². The van der Waals surface area contributed by atoms with Gasteiger partial charge in [-0.1, -0.05) is 0 Å². The van der Waals surface area contributed by atoms with Crippen LogP contribution in [-0.4, -0.2) is 54.9 Å². The largest absolute Gasteiger partial charge is 0.394 e. The van der Waals surface area contributed by atoms with Crippen molar-refractivity contribution in [1.29, 1.82) is 0 Å². The fourth-order valence-corrected chi connectivity index (χ4v) is 2.21. The molecule has 5 atom stereocenters. The van der Waals surface area contributed by atoms with Gasteiger partial charge in [0.2, 0.25) is 0 Å². The zero-order valence-electron chi connectivity index (χ0n) is 10.3. The first-order chi connectivity index (χ1) is 8.47. The predicted molar refractivity (Wildman–Crippen MR) is 60.6 cm³/mol. The van der Waals surface area contributed by atoms with Gasteiger partial charge >= 0.3 is 0 Å². The first-order valence-electron chi connectivity index (χ1n) is 5.81. The average Bonchev–Trinajstić information content (AvgIpc) is 2.82. The van der Waals surface area contributed by atoms with Crippen molar-refractivity contribution in [2.45, 2.75) is 44.5 Å². The van der Waals surface area contributed by atoms with Crippen LogP contribution < -0.4 is 0 Å². The van der Waals surface area contributed by atoms with Gasteiger partial charge in [-0.25, -0.2) is 4.98 Å². The third kappa shape index (κ3) is 2.04. The lowest BCUT2D eigenvalue weighted by molar-refractivity contribution is -0.0537. The van der Waals surface area contributed by atoms with E-state index in [4.69, 9.17) is 9.84 Å². The second-order valence-electron chi connectivity index (χ2n) is 4.53. The van der Waals surface area contributed by atoms with Crippen molar-refractivity contribution in [3.05, 3.63) is 17.7 Å². The Morgan fingerprint density at radius 2 is 2.11 bits per heavy atom. The average molecular weight is 258 g/mol. The van der Waals surface area contributed by atoms with E-state index in [0.717, 1.165) is 0 Å². The van der Waals surface area contributed by atoms with E-state index in [0.29, 0.717) is 11.4 Å². The van der Waals surface area contributed by atoms with Crippen LogP contribution in [0.4, 0.5) is 0 Å². The maximum Gasteiger partial charge on any atom is 0.164 e. The fourth-order valence-electron chi connectivity index (χ4n) is 2.21. The number of imidazole rings is 1. The van der Waals surface area contributed by atoms with Gasteiger partial charge in [0.1, 0.15) is 18.3 Å². The lowest BCUT2D eigenvalue weighted by Crippen LogP contribution is -2.33. The van der Waals surface area contributed by atoms with E-state index < -0.39 is 30.6 Å². The summed E-state index contributed by atoms with van der Waals surface area (Å²) in [4.78, 5) is 4.05. The lowest BCUT2D eigenvalue weighted by Gasteiger charge is -2.18. The Hall–Kier alpha value is -0.990. The topological polar surface area (TPSA) is 108 Å². The van der Waals surface area contributed by atoms with E-state index in [-0.39, 0.29) is 6.61 Å². The van der Waals surface area contributed by atoms with Crippen LogP contribution in [0.1, 0.15) is 30.6 Å². The van der Waals surface area contributed by atoms with Crippen LogP contribution in [0.3, 0.4) is 0 Å². The second kappa shape index (κ2) is 4.94. The minimum atomic E-state index is -1.14. The molecule has 7 heteroatoms. The molecule has 7 nitrogen and oxygen atoms in total. The number of hydrogen-bond acceptors (Lipinski definition) is 6. The summed E-state index contributed by atoms with van der Waals surface area (Å²) in [5.74, 6) is 0. The van der Waals surface area contributed by atoms with Gasteiger partial charge in [0.05, 0.1) is 24.7 Å². The monoisotopic (exact) mass is 258 g/mol. The normalized spacial score (nSPS) is 33.9. The van der Waals surface area contributed by atoms with Crippen molar-refractivity contribution in [3.63, 3.8) is 0 Å². The Labute approximate surface area is 104 Å². The summed E-state index contributed by atoms with van der Waals surface area (Å²) in [5.41, 5.74) is 1.15. The second-order valence-corrected chi connectivity index (χ2v) is 4.53. The standard InChI is InChI=1S/C11H18N2O5/c1-5-8(6(2)15)12-4-13(5)11-10(17)9(16)7(3-14)18-11/h4,6-7,9-11,14-17H,3H2,1-2H3/t6-,7-,9-,10-,11-/m1/s1. The summed E-state index contributed by atoms with van der Waals surface area (Å²) < 4.78 is 6.93. The number of rotatable bonds is 3. The lowest BCUT2D eigenvalue weighted by atomic mass is 10.1. The number of ether oxygens (including phenoxy) is 1. The highest BCUT2D eigenvalue weighted by Gasteiger charge is 2.43. The summed E-state index contributed by atoms with van der Waals surface area (Å²) in [6.45, 7) is 2.96. The van der Waals surface area contributed by atoms with Gasteiger partial charge in [0.25, 0.3) is 0 Å². The van der Waals surface area contributed by atoms with Crippen molar-refractivity contribution >= 4 is 0 Å². The molecule has 0 aliphatic carbocycles. The first-order valence-corrected chi connectivity index (χ1v) is 5.81. The summed E-state index contributed by atoms with van der Waals surface area (Å²) in [6.07, 6.45) is -3.19. The van der Waals surface area contributed by atoms with Crippen LogP contribution in [0, 0.1) is 6.92 Å². The number of hydrogen-bond donors (Lipinski definition) is 4. The molecule has 1 fully saturated rings. The third-order valence-electron chi connectivity index (χ3n) is 3.27. The highest BCUT2D eigenvalue weighted by Crippen LogP contribution is 2.31. The van der Waals surface area contributed by atoms with Crippen LogP contribution in [0.25, 0.3) is 0 Å². The molecule has 0 aromatic carbocycles. The van der Waals surface area contributed by atoms with Gasteiger partial charge in [-0.3, -0.25) is 0 Å². The predicted octanol–water partition coefficient (Wildman–Crippen LogP) is -1.14. The Morgan fingerprint density at radius 1 is 1.44 bits per heavy atom. The van der Waals surface area contributed by atoms with Gasteiger partial charge < -0.3 is 29.7 Å². The molecule has 18 heavy (non-hydrogen) atoms. The number of nitrogens with zero attached hydrogens (tertiary/aromatic N) is 2. The smallest absolute Gasteiger partial charge is 0.164 e. The summed E-state index contributed by atoms with van der Waals surface area (Å²) >= 11 is 0. The molecule has 2 heterocycles. The van der Waals surface area contributed by atoms with Crippen molar-refractivity contribution in [2.75, 3.05) is 6.61 Å². The Morgan fingerprint density at radius 3 is 2.56 bits per heavy atom. The molecular formula is C11H18N2O5. The molecular weight excluding hydrogens is 240 g/mol. The van der Waals surface area contributed by atoms with Gasteiger partial charge in [-0.15, -0.1) is 0 Å². The fraction of sp³-hybridized carbons (Fsp3) is 0.727. The molecule has 1 saturated heterocycles. The summed E-state index contributed by atoms with van der Waals surface area (Å²) in [7, 11) is 0. The highest BCUT2D eigenvalue weighted by molar-refractivity contribution is 5.14. The van der Waals surface area contributed by atoms with E-state index in [2.05, 4.69) is 4.98 Å². The Kier molecular flexibility index (Phi) is 3.69. The van der Waals surface area contributed by atoms with Crippen LogP contribution in [0.15, 0.2) is 6.33 Å². The SMILES string of the molecule is Cc1c([C@@H](C)O)ncn1[C@@H]1O[C@H](CO)[C@@H](O)[C@H]1O. The minimum Gasteiger partial charge on any atom is -0.394 e. The molecule has 4 N–H and O–H groups in total.